The van der Waals surface area contributed by atoms with Gasteiger partial charge in [-0.3, -0.25) is 4.98 Å². The molecule has 0 amide bonds. The average molecular weight is 279 g/mol. The molecule has 3 aromatic rings. The predicted molar refractivity (Wildman–Crippen MR) is 78.3 cm³/mol. The van der Waals surface area contributed by atoms with Gasteiger partial charge in [0.05, 0.1) is 18.9 Å². The van der Waals surface area contributed by atoms with E-state index in [1.54, 1.807) is 31.9 Å². The first-order valence-electron chi connectivity index (χ1n) is 6.41. The van der Waals surface area contributed by atoms with Crippen LogP contribution in [0.25, 0.3) is 11.3 Å². The van der Waals surface area contributed by atoms with Gasteiger partial charge in [0.1, 0.15) is 17.2 Å². The fourth-order valence-corrected chi connectivity index (χ4v) is 1.92. The van der Waals surface area contributed by atoms with Crippen LogP contribution in [-0.2, 0) is 0 Å². The highest BCUT2D eigenvalue weighted by molar-refractivity contribution is 5.70. The number of methoxy groups -OCH3 is 1. The number of hydrogen-bond acceptors (Lipinski definition) is 5. The highest BCUT2D eigenvalue weighted by atomic mass is 16.5. The molecule has 2 heterocycles. The molecule has 5 nitrogen and oxygen atoms in total. The Morgan fingerprint density at radius 2 is 1.71 bits per heavy atom. The van der Waals surface area contributed by atoms with E-state index in [0.29, 0.717) is 23.1 Å². The molecule has 0 N–H and O–H groups in total. The summed E-state index contributed by atoms with van der Waals surface area (Å²) >= 11 is 0. The zero-order chi connectivity index (χ0) is 14.5. The lowest BCUT2D eigenvalue weighted by Gasteiger charge is -2.11. The van der Waals surface area contributed by atoms with E-state index in [2.05, 4.69) is 15.0 Å². The van der Waals surface area contributed by atoms with E-state index in [9.17, 15) is 0 Å². The first-order chi connectivity index (χ1) is 10.4. The Hall–Kier alpha value is -2.95. The van der Waals surface area contributed by atoms with Gasteiger partial charge < -0.3 is 9.47 Å². The summed E-state index contributed by atoms with van der Waals surface area (Å²) in [4.78, 5) is 12.7. The van der Waals surface area contributed by atoms with E-state index in [1.165, 1.54) is 0 Å². The molecule has 0 unspecified atom stereocenters. The van der Waals surface area contributed by atoms with Gasteiger partial charge >= 0.3 is 0 Å². The minimum Gasteiger partial charge on any atom is -0.494 e. The van der Waals surface area contributed by atoms with Crippen molar-refractivity contribution in [2.45, 2.75) is 0 Å². The van der Waals surface area contributed by atoms with E-state index >= 15 is 0 Å². The number of ether oxygens (including phenoxy) is 2. The molecule has 1 aromatic carbocycles. The first-order valence-corrected chi connectivity index (χ1v) is 6.41. The summed E-state index contributed by atoms with van der Waals surface area (Å²) in [6, 6.07) is 11.3. The zero-order valence-corrected chi connectivity index (χ0v) is 11.4. The molecule has 104 valence electrons. The van der Waals surface area contributed by atoms with Crippen molar-refractivity contribution in [3.63, 3.8) is 0 Å². The van der Waals surface area contributed by atoms with Crippen LogP contribution in [0.15, 0.2) is 61.2 Å². The van der Waals surface area contributed by atoms with Gasteiger partial charge in [-0.25, -0.2) is 9.97 Å². The SMILES string of the molecule is COc1cnccc1-c1nccnc1Oc1ccccc1. The molecule has 0 aliphatic heterocycles. The third-order valence-corrected chi connectivity index (χ3v) is 2.88. The van der Waals surface area contributed by atoms with Gasteiger partial charge in [0.25, 0.3) is 0 Å². The molecule has 21 heavy (non-hydrogen) atoms. The summed E-state index contributed by atoms with van der Waals surface area (Å²) in [7, 11) is 1.59. The molecule has 0 aliphatic carbocycles. The van der Waals surface area contributed by atoms with Crippen LogP contribution in [0, 0.1) is 0 Å². The summed E-state index contributed by atoms with van der Waals surface area (Å²) in [6.07, 6.45) is 6.53. The van der Waals surface area contributed by atoms with Crippen molar-refractivity contribution in [2.75, 3.05) is 7.11 Å². The van der Waals surface area contributed by atoms with Gasteiger partial charge in [-0.05, 0) is 18.2 Å². The molecular weight excluding hydrogens is 266 g/mol. The largest absolute Gasteiger partial charge is 0.494 e. The Kier molecular flexibility index (Phi) is 3.73. The highest BCUT2D eigenvalue weighted by Gasteiger charge is 2.14. The lowest BCUT2D eigenvalue weighted by Crippen LogP contribution is -1.96. The molecule has 0 bridgehead atoms. The van der Waals surface area contributed by atoms with Crippen LogP contribution >= 0.6 is 0 Å². The van der Waals surface area contributed by atoms with Crippen LogP contribution in [0.3, 0.4) is 0 Å². The quantitative estimate of drug-likeness (QED) is 0.733. The maximum absolute atomic E-state index is 5.81. The van der Waals surface area contributed by atoms with Gasteiger partial charge in [-0.1, -0.05) is 18.2 Å². The third kappa shape index (κ3) is 2.81. The summed E-state index contributed by atoms with van der Waals surface area (Å²) in [5, 5.41) is 0. The minimum atomic E-state index is 0.424. The molecule has 0 atom stereocenters. The number of hydrogen-bond donors (Lipinski definition) is 0. The molecule has 3 rings (SSSR count). The number of pyridine rings is 1. The third-order valence-electron chi connectivity index (χ3n) is 2.88. The average Bonchev–Trinajstić information content (AvgIpc) is 2.56. The van der Waals surface area contributed by atoms with Crippen LogP contribution in [0.1, 0.15) is 0 Å². The maximum Gasteiger partial charge on any atom is 0.246 e. The Bertz CT molecular complexity index is 732. The lowest BCUT2D eigenvalue weighted by atomic mass is 10.2. The molecule has 0 aliphatic rings. The van der Waals surface area contributed by atoms with Crippen molar-refractivity contribution in [1.82, 2.24) is 15.0 Å². The normalized spacial score (nSPS) is 10.1. The summed E-state index contributed by atoms with van der Waals surface area (Å²) < 4.78 is 11.1. The second-order valence-corrected chi connectivity index (χ2v) is 4.20. The molecule has 0 spiro atoms. The van der Waals surface area contributed by atoms with E-state index in [4.69, 9.17) is 9.47 Å². The van der Waals surface area contributed by atoms with Crippen LogP contribution in [0.5, 0.6) is 17.4 Å². The van der Waals surface area contributed by atoms with Crippen molar-refractivity contribution in [3.8, 4) is 28.6 Å². The number of nitrogens with zero attached hydrogens (tertiary/aromatic N) is 3. The predicted octanol–water partition coefficient (Wildman–Crippen LogP) is 3.34. The minimum absolute atomic E-state index is 0.424. The van der Waals surface area contributed by atoms with Crippen molar-refractivity contribution in [1.29, 1.82) is 0 Å². The van der Waals surface area contributed by atoms with Crippen LogP contribution in [0.2, 0.25) is 0 Å². The first kappa shape index (κ1) is 13.1. The smallest absolute Gasteiger partial charge is 0.246 e. The fraction of sp³-hybridized carbons (Fsp3) is 0.0625. The van der Waals surface area contributed by atoms with E-state index < -0.39 is 0 Å². The van der Waals surface area contributed by atoms with Crippen molar-refractivity contribution < 1.29 is 9.47 Å². The van der Waals surface area contributed by atoms with Crippen molar-refractivity contribution in [2.24, 2.45) is 0 Å². The zero-order valence-electron chi connectivity index (χ0n) is 11.4. The highest BCUT2D eigenvalue weighted by Crippen LogP contribution is 2.34. The Balaban J connectivity index is 2.04. The Morgan fingerprint density at radius 3 is 2.52 bits per heavy atom. The van der Waals surface area contributed by atoms with E-state index in [0.717, 1.165) is 5.56 Å². The van der Waals surface area contributed by atoms with Crippen LogP contribution in [0.4, 0.5) is 0 Å². The molecule has 0 saturated carbocycles. The van der Waals surface area contributed by atoms with E-state index in [1.807, 2.05) is 36.4 Å². The van der Waals surface area contributed by atoms with Gasteiger partial charge in [0.2, 0.25) is 5.88 Å². The molecular formula is C16H13N3O2. The number of para-hydroxylation sites is 1. The van der Waals surface area contributed by atoms with Crippen LogP contribution < -0.4 is 9.47 Å². The molecule has 0 radical (unpaired) electrons. The van der Waals surface area contributed by atoms with Gasteiger partial charge in [-0.15, -0.1) is 0 Å². The lowest BCUT2D eigenvalue weighted by molar-refractivity contribution is 0.413. The summed E-state index contributed by atoms with van der Waals surface area (Å²) in [5.74, 6) is 1.75. The molecule has 0 fully saturated rings. The summed E-state index contributed by atoms with van der Waals surface area (Å²) in [6.45, 7) is 0. The topological polar surface area (TPSA) is 57.1 Å². The Morgan fingerprint density at radius 1 is 0.905 bits per heavy atom. The van der Waals surface area contributed by atoms with E-state index in [-0.39, 0.29) is 0 Å². The molecule has 0 saturated heterocycles. The summed E-state index contributed by atoms with van der Waals surface area (Å²) in [5.41, 5.74) is 1.40. The van der Waals surface area contributed by atoms with Gasteiger partial charge in [0, 0.05) is 18.6 Å². The monoisotopic (exact) mass is 279 g/mol. The second-order valence-electron chi connectivity index (χ2n) is 4.20. The number of aromatic nitrogens is 3. The van der Waals surface area contributed by atoms with Gasteiger partial charge in [0.15, 0.2) is 0 Å². The maximum atomic E-state index is 5.81. The van der Waals surface area contributed by atoms with Crippen molar-refractivity contribution >= 4 is 0 Å². The van der Waals surface area contributed by atoms with Crippen LogP contribution in [-0.4, -0.2) is 22.1 Å². The Labute approximate surface area is 122 Å². The standard InChI is InChI=1S/C16H13N3O2/c1-20-14-11-17-8-7-13(14)15-16(19-10-9-18-15)21-12-5-3-2-4-6-12/h2-11H,1H3. The van der Waals surface area contributed by atoms with Crippen molar-refractivity contribution in [3.05, 3.63) is 61.2 Å². The van der Waals surface area contributed by atoms with Gasteiger partial charge in [-0.2, -0.15) is 0 Å². The number of benzene rings is 1. The fourth-order valence-electron chi connectivity index (χ4n) is 1.92. The number of rotatable bonds is 4. The molecule has 5 heteroatoms. The molecule has 2 aromatic heterocycles. The second kappa shape index (κ2) is 6.00.